The molecule has 0 bridgehead atoms. The van der Waals surface area contributed by atoms with Crippen molar-refractivity contribution in [2.24, 2.45) is 0 Å². The topological polar surface area (TPSA) is 124 Å². The lowest BCUT2D eigenvalue weighted by atomic mass is 9.94. The molecule has 1 amide bonds. The molecule has 2 aliphatic rings. The van der Waals surface area contributed by atoms with Gasteiger partial charge in [-0.2, -0.15) is 10.2 Å². The Balaban J connectivity index is 1.55. The molecule has 3 aromatic heterocycles. The second kappa shape index (κ2) is 11.2. The van der Waals surface area contributed by atoms with Gasteiger partial charge in [-0.15, -0.1) is 4.80 Å². The Kier molecular flexibility index (Phi) is 7.58. The fourth-order valence-electron chi connectivity index (χ4n) is 6.10. The number of aromatic nitrogens is 5. The summed E-state index contributed by atoms with van der Waals surface area (Å²) in [5, 5.41) is 19.4. The van der Waals surface area contributed by atoms with Crippen LogP contribution in [0.25, 0.3) is 15.2 Å². The zero-order valence-electron chi connectivity index (χ0n) is 23.7. The van der Waals surface area contributed by atoms with E-state index >= 15 is 0 Å². The lowest BCUT2D eigenvalue weighted by Crippen LogP contribution is -2.45. The summed E-state index contributed by atoms with van der Waals surface area (Å²) in [6, 6.07) is 3.55. The number of amides is 1. The molecule has 0 spiro atoms. The van der Waals surface area contributed by atoms with Crippen LogP contribution in [0.5, 0.6) is 0 Å². The molecule has 0 radical (unpaired) electrons. The zero-order valence-corrected chi connectivity index (χ0v) is 24.5. The van der Waals surface area contributed by atoms with E-state index in [9.17, 15) is 23.9 Å². The van der Waals surface area contributed by atoms with E-state index in [1.54, 1.807) is 20.0 Å². The van der Waals surface area contributed by atoms with Gasteiger partial charge >= 0.3 is 5.69 Å². The Labute approximate surface area is 244 Å². The van der Waals surface area contributed by atoms with Crippen molar-refractivity contribution in [3.63, 3.8) is 0 Å². The van der Waals surface area contributed by atoms with Crippen LogP contribution in [0.15, 0.2) is 40.2 Å². The number of halogens is 1. The molecule has 13 heteroatoms. The molecule has 11 nitrogen and oxygen atoms in total. The van der Waals surface area contributed by atoms with Gasteiger partial charge < -0.3 is 14.7 Å². The number of thiophene rings is 1. The number of nitrogens with zero attached hydrogens (tertiary/aromatic N) is 6. The molecule has 4 heterocycles. The minimum atomic E-state index is -0.925. The molecular weight excluding hydrogens is 563 g/mol. The molecule has 1 N–H and O–H groups in total. The minimum Gasteiger partial charge on any atom is -0.393 e. The maximum absolute atomic E-state index is 14.6. The third-order valence-electron chi connectivity index (χ3n) is 8.47. The molecule has 1 aromatic carbocycles. The number of ether oxygens (including phenoxy) is 1. The molecule has 1 saturated heterocycles. The number of aliphatic hydroxyl groups excluding tert-OH is 1. The summed E-state index contributed by atoms with van der Waals surface area (Å²) in [7, 11) is 1.65. The lowest BCUT2D eigenvalue weighted by molar-refractivity contribution is -0.129. The zero-order chi connectivity index (χ0) is 29.7. The first-order valence-corrected chi connectivity index (χ1v) is 14.9. The Hall–Kier alpha value is -3.68. The first-order valence-electron chi connectivity index (χ1n) is 14.1. The van der Waals surface area contributed by atoms with Crippen molar-refractivity contribution in [1.82, 2.24) is 29.0 Å². The second-order valence-corrected chi connectivity index (χ2v) is 12.2. The highest BCUT2D eigenvalue weighted by Gasteiger charge is 2.36. The highest BCUT2D eigenvalue weighted by Crippen LogP contribution is 2.34. The van der Waals surface area contributed by atoms with Gasteiger partial charge in [-0.25, -0.2) is 13.8 Å². The number of aryl methyl sites for hydroxylation is 2. The van der Waals surface area contributed by atoms with Gasteiger partial charge in [0.25, 0.3) is 5.56 Å². The van der Waals surface area contributed by atoms with Gasteiger partial charge in [0, 0.05) is 19.2 Å². The Morgan fingerprint density at radius 3 is 2.48 bits per heavy atom. The van der Waals surface area contributed by atoms with Crippen LogP contribution < -0.4 is 11.2 Å². The van der Waals surface area contributed by atoms with Crippen molar-refractivity contribution in [1.29, 1.82) is 0 Å². The minimum absolute atomic E-state index is 0.0123. The van der Waals surface area contributed by atoms with E-state index in [2.05, 4.69) is 10.2 Å². The number of likely N-dealkylation sites (tertiary alicyclic amines) is 1. The number of benzene rings is 1. The van der Waals surface area contributed by atoms with E-state index in [0.29, 0.717) is 65.0 Å². The summed E-state index contributed by atoms with van der Waals surface area (Å²) in [5.74, 6) is -0.721. The van der Waals surface area contributed by atoms with E-state index in [-0.39, 0.29) is 24.7 Å². The number of carbonyl (C=O) groups is 1. The number of rotatable bonds is 7. The third kappa shape index (κ3) is 4.99. The molecule has 0 unspecified atom stereocenters. The van der Waals surface area contributed by atoms with Crippen LogP contribution in [0.4, 0.5) is 4.39 Å². The monoisotopic (exact) mass is 596 g/mol. The van der Waals surface area contributed by atoms with Gasteiger partial charge in [-0.05, 0) is 69.2 Å². The SMILES string of the molecule is Cc1ccc(F)cc1[C@H](Cn1c(=O)n([C@@H]2CCN(C)C2=O)c(=O)c2c(C)c(-n3nccn3)sc21)OC1CCC(O)CC1. The average Bonchev–Trinajstić information content (AvgIpc) is 3.69. The number of hydrogen-bond acceptors (Lipinski definition) is 8. The van der Waals surface area contributed by atoms with Crippen molar-refractivity contribution in [3.8, 4) is 5.00 Å². The van der Waals surface area contributed by atoms with E-state index in [0.717, 1.165) is 10.1 Å². The smallest absolute Gasteiger partial charge is 0.332 e. The lowest BCUT2D eigenvalue weighted by Gasteiger charge is -2.31. The van der Waals surface area contributed by atoms with E-state index in [1.165, 1.54) is 50.1 Å². The molecule has 6 rings (SSSR count). The van der Waals surface area contributed by atoms with Gasteiger partial charge in [0.15, 0.2) is 0 Å². The molecule has 2 fully saturated rings. The number of aliphatic hydroxyl groups is 1. The van der Waals surface area contributed by atoms with Crippen molar-refractivity contribution in [3.05, 3.63) is 73.9 Å². The molecule has 222 valence electrons. The van der Waals surface area contributed by atoms with Gasteiger partial charge in [-0.3, -0.25) is 14.2 Å². The van der Waals surface area contributed by atoms with Crippen LogP contribution in [-0.2, 0) is 16.1 Å². The van der Waals surface area contributed by atoms with Crippen LogP contribution in [0.3, 0.4) is 0 Å². The average molecular weight is 597 g/mol. The summed E-state index contributed by atoms with van der Waals surface area (Å²) >= 11 is 1.21. The summed E-state index contributed by atoms with van der Waals surface area (Å²) < 4.78 is 23.7. The maximum Gasteiger partial charge on any atom is 0.332 e. The number of likely N-dealkylation sites (N-methyl/N-ethyl adjacent to an activating group) is 1. The van der Waals surface area contributed by atoms with Crippen LogP contribution in [-0.4, -0.2) is 65.8 Å². The van der Waals surface area contributed by atoms with Crippen LogP contribution in [0.1, 0.15) is 60.9 Å². The van der Waals surface area contributed by atoms with E-state index in [1.807, 2.05) is 6.92 Å². The standard InChI is InChI=1S/C29H33FN6O5S/c1-16-4-5-18(30)14-21(16)23(41-20-8-6-19(37)7-9-20)15-34-28-24(17(2)27(42-28)36-31-11-12-32-36)26(39)35(29(34)40)22-10-13-33(3)25(22)38/h4-5,11-12,14,19-20,22-23,37H,6-10,13,15H2,1-3H3/t19?,20?,22-,23+/m1/s1. The van der Waals surface area contributed by atoms with E-state index in [4.69, 9.17) is 4.74 Å². The predicted molar refractivity (Wildman–Crippen MR) is 155 cm³/mol. The van der Waals surface area contributed by atoms with Crippen molar-refractivity contribution in [2.45, 2.75) is 76.9 Å². The van der Waals surface area contributed by atoms with Crippen molar-refractivity contribution in [2.75, 3.05) is 13.6 Å². The fraction of sp³-hybridized carbons (Fsp3) is 0.483. The number of hydrogen-bond donors (Lipinski definition) is 1. The Morgan fingerprint density at radius 2 is 1.81 bits per heavy atom. The van der Waals surface area contributed by atoms with Gasteiger partial charge in [0.2, 0.25) is 5.91 Å². The third-order valence-corrected chi connectivity index (χ3v) is 9.75. The highest BCUT2D eigenvalue weighted by atomic mass is 32.1. The molecule has 1 saturated carbocycles. The van der Waals surface area contributed by atoms with Crippen molar-refractivity contribution >= 4 is 27.5 Å². The normalized spacial score (nSPS) is 21.9. The Morgan fingerprint density at radius 1 is 1.10 bits per heavy atom. The summed E-state index contributed by atoms with van der Waals surface area (Å²) in [5.41, 5.74) is 0.832. The molecule has 1 aliphatic carbocycles. The first-order chi connectivity index (χ1) is 20.1. The van der Waals surface area contributed by atoms with Gasteiger partial charge in [0.1, 0.15) is 27.8 Å². The predicted octanol–water partition coefficient (Wildman–Crippen LogP) is 3.03. The largest absolute Gasteiger partial charge is 0.393 e. The van der Waals surface area contributed by atoms with Crippen LogP contribution in [0, 0.1) is 19.7 Å². The summed E-state index contributed by atoms with van der Waals surface area (Å²) in [4.78, 5) is 44.6. The van der Waals surface area contributed by atoms with Gasteiger partial charge in [-0.1, -0.05) is 17.4 Å². The molecule has 42 heavy (non-hydrogen) atoms. The number of carbonyl (C=O) groups excluding carboxylic acids is 1. The Bertz CT molecular complexity index is 1750. The second-order valence-electron chi connectivity index (χ2n) is 11.2. The van der Waals surface area contributed by atoms with Gasteiger partial charge in [0.05, 0.1) is 36.5 Å². The summed E-state index contributed by atoms with van der Waals surface area (Å²) in [6.07, 6.45) is 4.53. The molecule has 2 atom stereocenters. The summed E-state index contributed by atoms with van der Waals surface area (Å²) in [6.45, 7) is 4.06. The molecule has 4 aromatic rings. The van der Waals surface area contributed by atoms with Crippen LogP contribution in [0.2, 0.25) is 0 Å². The molecule has 1 aliphatic heterocycles. The quantitative estimate of drug-likeness (QED) is 0.348. The first kappa shape index (κ1) is 28.4. The van der Waals surface area contributed by atoms with Crippen LogP contribution >= 0.6 is 11.3 Å². The fourth-order valence-corrected chi connectivity index (χ4v) is 7.32. The molecular formula is C29H33FN6O5S. The van der Waals surface area contributed by atoms with Crippen molar-refractivity contribution < 1.29 is 19.0 Å². The number of fused-ring (bicyclic) bond motifs is 1. The van der Waals surface area contributed by atoms with E-state index < -0.39 is 29.2 Å². The maximum atomic E-state index is 14.6. The highest BCUT2D eigenvalue weighted by molar-refractivity contribution is 7.21.